The summed E-state index contributed by atoms with van der Waals surface area (Å²) in [6.45, 7) is 4.48. The van der Waals surface area contributed by atoms with Crippen LogP contribution in [-0.2, 0) is 0 Å². The molecule has 0 fully saturated rings. The number of para-hydroxylation sites is 1. The molecule has 4 aromatic rings. The number of benzene rings is 4. The summed E-state index contributed by atoms with van der Waals surface area (Å²) in [5.41, 5.74) is 11.5. The predicted molar refractivity (Wildman–Crippen MR) is 124 cm³/mol. The fourth-order valence-electron chi connectivity index (χ4n) is 4.77. The number of fused-ring (bicyclic) bond motifs is 5. The van der Waals surface area contributed by atoms with Gasteiger partial charge in [0.05, 0.1) is 0 Å². The minimum absolute atomic E-state index is 0.460. The Morgan fingerprint density at radius 2 is 1.00 bits per heavy atom. The van der Waals surface area contributed by atoms with Gasteiger partial charge in [-0.05, 0) is 57.5 Å². The Bertz CT molecular complexity index is 1290. The van der Waals surface area contributed by atoms with Gasteiger partial charge in [-0.15, -0.1) is 0 Å². The quantitative estimate of drug-likeness (QED) is 0.279. The fraction of sp³-hybridized carbons (Fsp3) is 0.103. The van der Waals surface area contributed by atoms with Crippen molar-refractivity contribution >= 4 is 11.1 Å². The van der Waals surface area contributed by atoms with Gasteiger partial charge in [0, 0.05) is 16.7 Å². The van der Waals surface area contributed by atoms with E-state index in [1.807, 2.05) is 6.07 Å². The van der Waals surface area contributed by atoms with E-state index in [9.17, 15) is 0 Å². The maximum absolute atomic E-state index is 6.34. The summed E-state index contributed by atoms with van der Waals surface area (Å²) >= 11 is 0. The summed E-state index contributed by atoms with van der Waals surface area (Å²) in [4.78, 5) is 0. The second-order valence-corrected chi connectivity index (χ2v) is 8.35. The van der Waals surface area contributed by atoms with E-state index in [4.69, 9.17) is 4.74 Å². The average Bonchev–Trinajstić information content (AvgIpc) is 3.11. The van der Waals surface area contributed by atoms with E-state index in [1.54, 1.807) is 0 Å². The highest BCUT2D eigenvalue weighted by Gasteiger charge is 2.31. The first-order valence-electron chi connectivity index (χ1n) is 10.6. The van der Waals surface area contributed by atoms with Crippen LogP contribution in [0.2, 0.25) is 0 Å². The van der Waals surface area contributed by atoms with Crippen molar-refractivity contribution in [2.75, 3.05) is 0 Å². The van der Waals surface area contributed by atoms with Crippen LogP contribution in [0.15, 0.2) is 91.0 Å². The first-order chi connectivity index (χ1) is 14.7. The Labute approximate surface area is 177 Å². The maximum Gasteiger partial charge on any atom is 0.135 e. The second-order valence-electron chi connectivity index (χ2n) is 8.35. The van der Waals surface area contributed by atoms with Crippen LogP contribution >= 0.6 is 0 Å². The molecule has 0 N–H and O–H groups in total. The lowest BCUT2D eigenvalue weighted by atomic mass is 9.84. The topological polar surface area (TPSA) is 9.23 Å². The van der Waals surface area contributed by atoms with Crippen molar-refractivity contribution < 1.29 is 4.74 Å². The van der Waals surface area contributed by atoms with Crippen molar-refractivity contribution in [1.29, 1.82) is 0 Å². The Hall–Kier alpha value is -3.58. The third kappa shape index (κ3) is 2.42. The van der Waals surface area contributed by atoms with E-state index in [2.05, 4.69) is 98.8 Å². The molecule has 1 heteroatoms. The molecule has 1 aliphatic carbocycles. The predicted octanol–water partition coefficient (Wildman–Crippen LogP) is 7.90. The van der Waals surface area contributed by atoms with Gasteiger partial charge >= 0.3 is 0 Å². The fourth-order valence-corrected chi connectivity index (χ4v) is 4.77. The van der Waals surface area contributed by atoms with Crippen LogP contribution in [0.5, 0.6) is 11.5 Å². The van der Waals surface area contributed by atoms with Crippen LogP contribution in [-0.4, -0.2) is 0 Å². The summed E-state index contributed by atoms with van der Waals surface area (Å²) < 4.78 is 6.34. The minimum Gasteiger partial charge on any atom is -0.456 e. The van der Waals surface area contributed by atoms with Crippen LogP contribution < -0.4 is 4.74 Å². The van der Waals surface area contributed by atoms with E-state index in [-0.39, 0.29) is 0 Å². The van der Waals surface area contributed by atoms with Gasteiger partial charge in [0.15, 0.2) is 0 Å². The van der Waals surface area contributed by atoms with Crippen LogP contribution in [0, 0.1) is 0 Å². The van der Waals surface area contributed by atoms with Gasteiger partial charge in [-0.3, -0.25) is 0 Å². The molecule has 4 aromatic carbocycles. The number of hydrogen-bond donors (Lipinski definition) is 0. The van der Waals surface area contributed by atoms with E-state index in [1.165, 1.54) is 44.5 Å². The van der Waals surface area contributed by atoms with E-state index in [0.29, 0.717) is 5.92 Å². The standard InChI is InChI=1S/C29H22O/c1-18(2)19-15-16-27-25(17-19)29(24-13-7-8-14-26(24)30-27)28-22-11-5-3-9-20(22)21-10-4-6-12-23(21)28/h3-18H,1-2H3. The van der Waals surface area contributed by atoms with Gasteiger partial charge in [-0.25, -0.2) is 0 Å². The van der Waals surface area contributed by atoms with E-state index >= 15 is 0 Å². The van der Waals surface area contributed by atoms with Gasteiger partial charge in [0.2, 0.25) is 0 Å². The first kappa shape index (κ1) is 17.3. The Morgan fingerprint density at radius 1 is 0.500 bits per heavy atom. The van der Waals surface area contributed by atoms with E-state index < -0.39 is 0 Å². The molecule has 144 valence electrons. The molecule has 0 spiro atoms. The molecule has 1 nitrogen and oxygen atoms in total. The Morgan fingerprint density at radius 3 is 1.63 bits per heavy atom. The molecule has 1 heterocycles. The van der Waals surface area contributed by atoms with Crippen LogP contribution in [0.1, 0.15) is 47.6 Å². The van der Waals surface area contributed by atoms with Crippen molar-refractivity contribution in [3.63, 3.8) is 0 Å². The molecular weight excluding hydrogens is 364 g/mol. The smallest absolute Gasteiger partial charge is 0.135 e. The third-order valence-corrected chi connectivity index (χ3v) is 6.25. The van der Waals surface area contributed by atoms with E-state index in [0.717, 1.165) is 17.1 Å². The average molecular weight is 386 g/mol. The lowest BCUT2D eigenvalue weighted by Gasteiger charge is -2.26. The summed E-state index contributed by atoms with van der Waals surface area (Å²) in [6, 6.07) is 32.6. The number of rotatable bonds is 1. The van der Waals surface area contributed by atoms with Gasteiger partial charge in [0.25, 0.3) is 0 Å². The van der Waals surface area contributed by atoms with Crippen LogP contribution in [0.4, 0.5) is 0 Å². The summed E-state index contributed by atoms with van der Waals surface area (Å²) in [7, 11) is 0. The molecule has 0 saturated heterocycles. The van der Waals surface area contributed by atoms with Crippen molar-refractivity contribution in [3.8, 4) is 22.6 Å². The van der Waals surface area contributed by atoms with Crippen LogP contribution in [0.3, 0.4) is 0 Å². The zero-order valence-electron chi connectivity index (χ0n) is 17.1. The molecule has 0 atom stereocenters. The monoisotopic (exact) mass is 386 g/mol. The molecular formula is C29H22O. The third-order valence-electron chi connectivity index (χ3n) is 6.25. The lowest BCUT2D eigenvalue weighted by molar-refractivity contribution is 0.474. The molecule has 2 aliphatic rings. The molecule has 0 unspecified atom stereocenters. The Kier molecular flexibility index (Phi) is 3.73. The zero-order valence-corrected chi connectivity index (χ0v) is 17.1. The number of ether oxygens (including phenoxy) is 1. The first-order valence-corrected chi connectivity index (χ1v) is 10.6. The molecule has 0 saturated carbocycles. The Balaban J connectivity index is 1.77. The maximum atomic E-state index is 6.34. The highest BCUT2D eigenvalue weighted by atomic mass is 16.5. The van der Waals surface area contributed by atoms with Crippen molar-refractivity contribution in [2.24, 2.45) is 0 Å². The van der Waals surface area contributed by atoms with Gasteiger partial charge in [0.1, 0.15) is 11.5 Å². The van der Waals surface area contributed by atoms with Crippen molar-refractivity contribution in [2.45, 2.75) is 19.8 Å². The highest BCUT2D eigenvalue weighted by Crippen LogP contribution is 2.53. The molecule has 0 amide bonds. The summed E-state index contributed by atoms with van der Waals surface area (Å²) in [6.07, 6.45) is 0. The highest BCUT2D eigenvalue weighted by molar-refractivity contribution is 6.15. The second kappa shape index (κ2) is 6.47. The normalized spacial score (nSPS) is 13.4. The largest absolute Gasteiger partial charge is 0.456 e. The molecule has 0 bridgehead atoms. The minimum atomic E-state index is 0.460. The molecule has 0 radical (unpaired) electrons. The van der Waals surface area contributed by atoms with Gasteiger partial charge in [-0.2, -0.15) is 0 Å². The lowest BCUT2D eigenvalue weighted by Crippen LogP contribution is -2.05. The summed E-state index contributed by atoms with van der Waals surface area (Å²) in [5, 5.41) is 0. The van der Waals surface area contributed by atoms with Crippen LogP contribution in [0.25, 0.3) is 22.3 Å². The van der Waals surface area contributed by atoms with Gasteiger partial charge < -0.3 is 4.74 Å². The van der Waals surface area contributed by atoms with Crippen molar-refractivity contribution in [1.82, 2.24) is 0 Å². The molecule has 6 rings (SSSR count). The SMILES string of the molecule is CC(C)c1ccc2c(c1)C(=C1c3ccccc3-c3ccccc31)c1ccccc1O2. The molecule has 0 aromatic heterocycles. The van der Waals surface area contributed by atoms with Gasteiger partial charge in [-0.1, -0.05) is 86.6 Å². The van der Waals surface area contributed by atoms with Crippen molar-refractivity contribution in [3.05, 3.63) is 119 Å². The zero-order chi connectivity index (χ0) is 20.2. The summed E-state index contributed by atoms with van der Waals surface area (Å²) in [5.74, 6) is 2.32. The number of hydrogen-bond acceptors (Lipinski definition) is 1. The molecule has 30 heavy (non-hydrogen) atoms. The molecule has 1 aliphatic heterocycles.